The van der Waals surface area contributed by atoms with Gasteiger partial charge in [-0.05, 0) is 98.5 Å². The van der Waals surface area contributed by atoms with Crippen LogP contribution >= 0.6 is 0 Å². The van der Waals surface area contributed by atoms with Crippen molar-refractivity contribution in [3.63, 3.8) is 0 Å². The molecular weight excluding hydrogens is 343 g/mol. The molecule has 2 aromatic rings. The highest BCUT2D eigenvalue weighted by atomic mass is 16.7. The quantitative estimate of drug-likeness (QED) is 0.688. The van der Waals surface area contributed by atoms with Crippen molar-refractivity contribution in [1.82, 2.24) is 0 Å². The largest absolute Gasteiger partial charge is 0.495 e. The van der Waals surface area contributed by atoms with E-state index in [2.05, 4.69) is 71.0 Å². The first-order chi connectivity index (χ1) is 13.2. The van der Waals surface area contributed by atoms with Crippen LogP contribution in [0.1, 0.15) is 70.6 Å². The van der Waals surface area contributed by atoms with Gasteiger partial charge >= 0.3 is 7.12 Å². The number of benzene rings is 2. The van der Waals surface area contributed by atoms with Gasteiger partial charge in [0.05, 0.1) is 11.2 Å². The van der Waals surface area contributed by atoms with E-state index in [1.54, 1.807) is 0 Å². The van der Waals surface area contributed by atoms with E-state index >= 15 is 0 Å². The third-order valence-electron chi connectivity index (χ3n) is 7.72. The minimum absolute atomic E-state index is 0.261. The third kappa shape index (κ3) is 2.78. The Hall–Kier alpha value is -1.58. The van der Waals surface area contributed by atoms with E-state index in [0.717, 1.165) is 12.8 Å². The van der Waals surface area contributed by atoms with Gasteiger partial charge < -0.3 is 9.31 Å². The first kappa shape index (κ1) is 18.5. The van der Waals surface area contributed by atoms with E-state index in [-0.39, 0.29) is 18.3 Å². The van der Waals surface area contributed by atoms with Crippen LogP contribution in [0.4, 0.5) is 0 Å². The van der Waals surface area contributed by atoms with Crippen molar-refractivity contribution < 1.29 is 9.31 Å². The van der Waals surface area contributed by atoms with Crippen LogP contribution in [0.3, 0.4) is 0 Å². The zero-order chi connectivity index (χ0) is 19.7. The van der Waals surface area contributed by atoms with Crippen LogP contribution in [-0.4, -0.2) is 18.3 Å². The molecule has 0 spiro atoms. The lowest BCUT2D eigenvalue weighted by atomic mass is 9.74. The van der Waals surface area contributed by atoms with Crippen molar-refractivity contribution in [2.45, 2.75) is 83.3 Å². The van der Waals surface area contributed by atoms with Crippen molar-refractivity contribution in [1.29, 1.82) is 0 Å². The van der Waals surface area contributed by atoms with Crippen LogP contribution in [0.2, 0.25) is 0 Å². The van der Waals surface area contributed by atoms with Gasteiger partial charge in [-0.1, -0.05) is 43.3 Å². The lowest BCUT2D eigenvalue weighted by Gasteiger charge is -2.32. The van der Waals surface area contributed by atoms with Gasteiger partial charge in [0, 0.05) is 0 Å². The van der Waals surface area contributed by atoms with E-state index in [0.29, 0.717) is 5.41 Å². The van der Waals surface area contributed by atoms with Crippen LogP contribution in [0.15, 0.2) is 36.4 Å². The molecule has 0 aromatic heterocycles. The van der Waals surface area contributed by atoms with Crippen LogP contribution in [-0.2, 0) is 27.6 Å². The maximum Gasteiger partial charge on any atom is 0.495 e. The summed E-state index contributed by atoms with van der Waals surface area (Å²) in [6.07, 6.45) is 6.14. The van der Waals surface area contributed by atoms with Gasteiger partial charge in [0.1, 0.15) is 0 Å². The Morgan fingerprint density at radius 3 is 1.96 bits per heavy atom. The van der Waals surface area contributed by atoms with Gasteiger partial charge in [-0.2, -0.15) is 0 Å². The summed E-state index contributed by atoms with van der Waals surface area (Å²) in [7, 11) is -0.261. The van der Waals surface area contributed by atoms with Crippen molar-refractivity contribution in [2.75, 3.05) is 0 Å². The fraction of sp³-hybridized carbons (Fsp3) is 0.520. The highest BCUT2D eigenvalue weighted by Gasteiger charge is 2.52. The molecule has 1 heterocycles. The van der Waals surface area contributed by atoms with E-state index in [4.69, 9.17) is 9.31 Å². The minimum Gasteiger partial charge on any atom is -0.399 e. The molecule has 0 unspecified atom stereocenters. The summed E-state index contributed by atoms with van der Waals surface area (Å²) < 4.78 is 12.7. The van der Waals surface area contributed by atoms with E-state index < -0.39 is 0 Å². The molecule has 0 radical (unpaired) electrons. The second-order valence-corrected chi connectivity index (χ2v) is 10.2. The molecule has 0 bridgehead atoms. The van der Waals surface area contributed by atoms with Crippen LogP contribution in [0.25, 0.3) is 11.1 Å². The van der Waals surface area contributed by atoms with E-state index in [1.807, 2.05) is 0 Å². The Morgan fingerprint density at radius 1 is 0.750 bits per heavy atom. The predicted octanol–water partition coefficient (Wildman–Crippen LogP) is 5.19. The Labute approximate surface area is 169 Å². The van der Waals surface area contributed by atoms with E-state index in [1.165, 1.54) is 52.5 Å². The van der Waals surface area contributed by atoms with Crippen molar-refractivity contribution in [2.24, 2.45) is 0 Å². The van der Waals surface area contributed by atoms with Crippen molar-refractivity contribution in [3.8, 4) is 11.1 Å². The minimum atomic E-state index is -0.295. The summed E-state index contributed by atoms with van der Waals surface area (Å²) in [5.41, 5.74) is 8.24. The molecule has 2 aliphatic carbocycles. The number of fused-ring (bicyclic) bond motifs is 1. The van der Waals surface area contributed by atoms with Crippen molar-refractivity contribution in [3.05, 3.63) is 53.1 Å². The first-order valence-corrected chi connectivity index (χ1v) is 10.8. The van der Waals surface area contributed by atoms with Crippen LogP contribution < -0.4 is 5.46 Å². The lowest BCUT2D eigenvalue weighted by molar-refractivity contribution is 0.00578. The molecule has 0 atom stereocenters. The average molecular weight is 374 g/mol. The molecule has 2 nitrogen and oxygen atoms in total. The average Bonchev–Trinajstić information content (AvgIpc) is 3.12. The molecule has 2 fully saturated rings. The summed E-state index contributed by atoms with van der Waals surface area (Å²) in [6, 6.07) is 13.9. The van der Waals surface area contributed by atoms with Crippen LogP contribution in [0, 0.1) is 0 Å². The molecule has 1 saturated carbocycles. The Kier molecular flexibility index (Phi) is 3.93. The van der Waals surface area contributed by atoms with Gasteiger partial charge in [0.2, 0.25) is 0 Å². The summed E-state index contributed by atoms with van der Waals surface area (Å²) in [4.78, 5) is 0. The van der Waals surface area contributed by atoms with Crippen LogP contribution in [0.5, 0.6) is 0 Å². The Morgan fingerprint density at radius 2 is 1.36 bits per heavy atom. The van der Waals surface area contributed by atoms with Gasteiger partial charge in [0.15, 0.2) is 0 Å². The summed E-state index contributed by atoms with van der Waals surface area (Å²) in [5.74, 6) is 0. The third-order valence-corrected chi connectivity index (χ3v) is 7.72. The molecule has 28 heavy (non-hydrogen) atoms. The number of hydrogen-bond donors (Lipinski definition) is 0. The van der Waals surface area contributed by atoms with Gasteiger partial charge in [0.25, 0.3) is 0 Å². The molecule has 0 N–H and O–H groups in total. The van der Waals surface area contributed by atoms with Gasteiger partial charge in [-0.25, -0.2) is 0 Å². The highest BCUT2D eigenvalue weighted by Crippen LogP contribution is 2.48. The van der Waals surface area contributed by atoms with Gasteiger partial charge in [-0.15, -0.1) is 0 Å². The number of hydrogen-bond acceptors (Lipinski definition) is 2. The topological polar surface area (TPSA) is 18.5 Å². The normalized spacial score (nSPS) is 23.7. The molecule has 3 heteroatoms. The molecule has 0 amide bonds. The van der Waals surface area contributed by atoms with E-state index in [9.17, 15) is 0 Å². The zero-order valence-electron chi connectivity index (χ0n) is 17.9. The molecule has 5 rings (SSSR count). The fourth-order valence-electron chi connectivity index (χ4n) is 4.72. The Bertz CT molecular complexity index is 906. The second kappa shape index (κ2) is 5.97. The number of rotatable bonds is 3. The Balaban J connectivity index is 1.50. The van der Waals surface area contributed by atoms with Crippen molar-refractivity contribution >= 4 is 12.6 Å². The zero-order valence-corrected chi connectivity index (χ0v) is 17.9. The molecule has 1 aliphatic heterocycles. The lowest BCUT2D eigenvalue weighted by Crippen LogP contribution is -2.41. The maximum absolute atomic E-state index is 6.36. The second-order valence-electron chi connectivity index (χ2n) is 10.2. The smallest absolute Gasteiger partial charge is 0.399 e. The standard InChI is InChI=1S/C25H31BO2/c1-23(2)24(3,4)28-26(27-23)22-14-13-19(20-7-6-8-21(20)22)17-9-11-18(12-10-17)25(5)15-16-25/h9-14H,6-8,15-16H2,1-5H3. The SMILES string of the molecule is CC1(c2ccc(-c3ccc(B4OC(C)(C)C(C)(C)O4)c4c3CCC4)cc2)CC1. The molecular formula is C25H31BO2. The molecule has 1 saturated heterocycles. The maximum atomic E-state index is 6.36. The monoisotopic (exact) mass is 374 g/mol. The first-order valence-electron chi connectivity index (χ1n) is 10.8. The summed E-state index contributed by atoms with van der Waals surface area (Å²) in [6.45, 7) is 10.9. The molecule has 2 aromatic carbocycles. The molecule has 3 aliphatic rings. The fourth-order valence-corrected chi connectivity index (χ4v) is 4.72. The molecule has 146 valence electrons. The predicted molar refractivity (Wildman–Crippen MR) is 116 cm³/mol. The summed E-state index contributed by atoms with van der Waals surface area (Å²) >= 11 is 0. The van der Waals surface area contributed by atoms with Gasteiger partial charge in [-0.3, -0.25) is 0 Å². The highest BCUT2D eigenvalue weighted by molar-refractivity contribution is 6.62. The summed E-state index contributed by atoms with van der Waals surface area (Å²) in [5, 5.41) is 0.